The fourth-order valence-electron chi connectivity index (χ4n) is 4.10. The molecule has 0 atom stereocenters. The van der Waals surface area contributed by atoms with Crippen molar-refractivity contribution in [1.82, 2.24) is 19.3 Å². The van der Waals surface area contributed by atoms with Gasteiger partial charge in [-0.1, -0.05) is 63.2 Å². The zero-order valence-corrected chi connectivity index (χ0v) is 21.5. The summed E-state index contributed by atoms with van der Waals surface area (Å²) in [5.74, 6) is 0.00156. The Bertz CT molecular complexity index is 1500. The summed E-state index contributed by atoms with van der Waals surface area (Å²) < 4.78 is 30.2. The lowest BCUT2D eigenvalue weighted by molar-refractivity contribution is -0.122. The predicted octanol–water partition coefficient (Wildman–Crippen LogP) is 4.79. The Kier molecular flexibility index (Phi) is 6.76. The molecule has 2 aromatic heterocycles. The average Bonchev–Trinajstić information content (AvgIpc) is 3.17. The summed E-state index contributed by atoms with van der Waals surface area (Å²) in [4.78, 5) is 21.7. The summed E-state index contributed by atoms with van der Waals surface area (Å²) in [5, 5.41) is 0. The Morgan fingerprint density at radius 3 is 2.37 bits per heavy atom. The summed E-state index contributed by atoms with van der Waals surface area (Å²) >= 11 is 0. The van der Waals surface area contributed by atoms with Crippen molar-refractivity contribution >= 4 is 27.1 Å². The van der Waals surface area contributed by atoms with Crippen LogP contribution in [0.1, 0.15) is 43.4 Å². The number of pyridine rings is 1. The SMILES string of the molecule is CCc1nc2c(C)cc(C)nc2n1Cc1ccc(-c2ccccc2S(=O)(=O)NC(=O)C(C)C)cc1. The number of amides is 1. The van der Waals surface area contributed by atoms with Gasteiger partial charge in [0.2, 0.25) is 5.91 Å². The van der Waals surface area contributed by atoms with Crippen molar-refractivity contribution in [2.45, 2.75) is 52.5 Å². The zero-order valence-electron chi connectivity index (χ0n) is 20.7. The van der Waals surface area contributed by atoms with Gasteiger partial charge in [0.05, 0.1) is 11.4 Å². The number of hydrogen-bond acceptors (Lipinski definition) is 5. The maximum atomic E-state index is 12.9. The molecule has 7 nitrogen and oxygen atoms in total. The molecule has 4 aromatic rings. The van der Waals surface area contributed by atoms with Crippen molar-refractivity contribution in [3.63, 3.8) is 0 Å². The van der Waals surface area contributed by atoms with Crippen LogP contribution < -0.4 is 4.72 Å². The van der Waals surface area contributed by atoms with Gasteiger partial charge in [-0.05, 0) is 42.7 Å². The van der Waals surface area contributed by atoms with E-state index in [4.69, 9.17) is 9.97 Å². The van der Waals surface area contributed by atoms with E-state index >= 15 is 0 Å². The summed E-state index contributed by atoms with van der Waals surface area (Å²) in [6.45, 7) is 10.0. The Balaban J connectivity index is 1.68. The summed E-state index contributed by atoms with van der Waals surface area (Å²) in [6.07, 6.45) is 0.792. The van der Waals surface area contributed by atoms with Crippen LogP contribution in [0.5, 0.6) is 0 Å². The standard InChI is InChI=1S/C27H30N4O3S/c1-6-24-29-25-18(4)15-19(5)28-26(25)31(24)16-20-11-13-21(14-12-20)22-9-7-8-10-23(22)35(33,34)30-27(32)17(2)3/h7-15,17H,6,16H2,1-5H3,(H,30,32). The van der Waals surface area contributed by atoms with Crippen molar-refractivity contribution in [2.24, 2.45) is 5.92 Å². The minimum atomic E-state index is -4.00. The van der Waals surface area contributed by atoms with E-state index in [1.807, 2.05) is 37.3 Å². The average molecular weight is 491 g/mol. The Labute approximate surface area is 206 Å². The highest BCUT2D eigenvalue weighted by Crippen LogP contribution is 2.28. The van der Waals surface area contributed by atoms with Crippen molar-refractivity contribution < 1.29 is 13.2 Å². The molecule has 0 saturated heterocycles. The Hall–Kier alpha value is -3.52. The number of benzene rings is 2. The van der Waals surface area contributed by atoms with Crippen LogP contribution in [0.2, 0.25) is 0 Å². The molecule has 0 saturated carbocycles. The van der Waals surface area contributed by atoms with Crippen LogP contribution in [0.3, 0.4) is 0 Å². The highest BCUT2D eigenvalue weighted by atomic mass is 32.2. The summed E-state index contributed by atoms with van der Waals surface area (Å²) in [6, 6.07) is 16.5. The first kappa shape index (κ1) is 24.6. The zero-order chi connectivity index (χ0) is 25.3. The molecular formula is C27H30N4O3S. The molecule has 0 unspecified atom stereocenters. The molecule has 2 heterocycles. The minimum Gasteiger partial charge on any atom is -0.308 e. The Morgan fingerprint density at radius 2 is 1.71 bits per heavy atom. The molecule has 0 bridgehead atoms. The van der Waals surface area contributed by atoms with Crippen LogP contribution in [0.4, 0.5) is 0 Å². The van der Waals surface area contributed by atoms with Gasteiger partial charge < -0.3 is 4.57 Å². The van der Waals surface area contributed by atoms with Gasteiger partial charge in [0.15, 0.2) is 5.65 Å². The first-order chi connectivity index (χ1) is 16.6. The molecule has 4 rings (SSSR count). The first-order valence-electron chi connectivity index (χ1n) is 11.7. The van der Waals surface area contributed by atoms with Gasteiger partial charge in [-0.25, -0.2) is 23.1 Å². The maximum Gasteiger partial charge on any atom is 0.264 e. The topological polar surface area (TPSA) is 93.9 Å². The van der Waals surface area contributed by atoms with Crippen LogP contribution in [-0.2, 0) is 27.8 Å². The van der Waals surface area contributed by atoms with Gasteiger partial charge >= 0.3 is 0 Å². The van der Waals surface area contributed by atoms with Gasteiger partial charge in [-0.15, -0.1) is 0 Å². The lowest BCUT2D eigenvalue weighted by Gasteiger charge is -2.14. The second-order valence-electron chi connectivity index (χ2n) is 9.04. The highest BCUT2D eigenvalue weighted by Gasteiger charge is 2.23. The monoisotopic (exact) mass is 490 g/mol. The molecule has 1 amide bonds. The second-order valence-corrected chi connectivity index (χ2v) is 10.7. The van der Waals surface area contributed by atoms with E-state index in [9.17, 15) is 13.2 Å². The third-order valence-corrected chi connectivity index (χ3v) is 7.36. The Morgan fingerprint density at radius 1 is 1.03 bits per heavy atom. The normalized spacial score (nSPS) is 11.8. The van der Waals surface area contributed by atoms with Gasteiger partial charge in [-0.3, -0.25) is 4.79 Å². The number of imidazole rings is 1. The van der Waals surface area contributed by atoms with Crippen LogP contribution in [-0.4, -0.2) is 28.9 Å². The third-order valence-electron chi connectivity index (χ3n) is 5.96. The van der Waals surface area contributed by atoms with E-state index in [2.05, 4.69) is 23.1 Å². The van der Waals surface area contributed by atoms with E-state index in [-0.39, 0.29) is 4.90 Å². The summed E-state index contributed by atoms with van der Waals surface area (Å²) in [7, 11) is -4.00. The predicted molar refractivity (Wildman–Crippen MR) is 138 cm³/mol. The van der Waals surface area contributed by atoms with Gasteiger partial charge in [0.1, 0.15) is 11.3 Å². The molecule has 0 aliphatic rings. The number of aromatic nitrogens is 3. The first-order valence-corrected chi connectivity index (χ1v) is 13.2. The van der Waals surface area contributed by atoms with E-state index in [0.29, 0.717) is 12.1 Å². The molecule has 0 aliphatic carbocycles. The largest absolute Gasteiger partial charge is 0.308 e. The maximum absolute atomic E-state index is 12.9. The lowest BCUT2D eigenvalue weighted by atomic mass is 10.0. The van der Waals surface area contributed by atoms with Crippen molar-refractivity contribution in [3.8, 4) is 11.1 Å². The van der Waals surface area contributed by atoms with Gasteiger partial charge in [0, 0.05) is 23.6 Å². The number of sulfonamides is 1. The summed E-state index contributed by atoms with van der Waals surface area (Å²) in [5.41, 5.74) is 6.21. The van der Waals surface area contributed by atoms with Crippen LogP contribution in [0, 0.1) is 19.8 Å². The molecule has 8 heteroatoms. The van der Waals surface area contributed by atoms with E-state index in [1.165, 1.54) is 6.07 Å². The van der Waals surface area contributed by atoms with Crippen LogP contribution >= 0.6 is 0 Å². The lowest BCUT2D eigenvalue weighted by Crippen LogP contribution is -2.33. The quantitative estimate of drug-likeness (QED) is 0.402. The second kappa shape index (κ2) is 9.62. The van der Waals surface area contributed by atoms with Crippen molar-refractivity contribution in [1.29, 1.82) is 0 Å². The number of fused-ring (bicyclic) bond motifs is 1. The fraction of sp³-hybridized carbons (Fsp3) is 0.296. The molecule has 0 aliphatic heterocycles. The molecule has 0 spiro atoms. The number of carbonyl (C=O) groups is 1. The molecular weight excluding hydrogens is 460 g/mol. The minimum absolute atomic E-state index is 0.0748. The van der Waals surface area contributed by atoms with E-state index < -0.39 is 21.8 Å². The molecule has 182 valence electrons. The van der Waals surface area contributed by atoms with E-state index in [0.717, 1.165) is 45.8 Å². The highest BCUT2D eigenvalue weighted by molar-refractivity contribution is 7.90. The van der Waals surface area contributed by atoms with Crippen molar-refractivity contribution in [2.75, 3.05) is 0 Å². The van der Waals surface area contributed by atoms with Crippen LogP contribution in [0.15, 0.2) is 59.5 Å². The van der Waals surface area contributed by atoms with E-state index in [1.54, 1.807) is 32.0 Å². The molecule has 0 radical (unpaired) electrons. The molecule has 2 aromatic carbocycles. The number of hydrogen-bond donors (Lipinski definition) is 1. The number of rotatable bonds is 7. The fourth-order valence-corrected chi connectivity index (χ4v) is 5.45. The van der Waals surface area contributed by atoms with Crippen molar-refractivity contribution in [3.05, 3.63) is 77.2 Å². The number of aryl methyl sites for hydroxylation is 3. The van der Waals surface area contributed by atoms with Gasteiger partial charge in [-0.2, -0.15) is 0 Å². The number of carbonyl (C=O) groups excluding carboxylic acids is 1. The number of nitrogens with zero attached hydrogens (tertiary/aromatic N) is 3. The molecule has 1 N–H and O–H groups in total. The van der Waals surface area contributed by atoms with Crippen LogP contribution in [0.25, 0.3) is 22.3 Å². The molecule has 35 heavy (non-hydrogen) atoms. The number of nitrogens with one attached hydrogen (secondary N) is 1. The third kappa shape index (κ3) is 4.98. The smallest absolute Gasteiger partial charge is 0.264 e. The van der Waals surface area contributed by atoms with Gasteiger partial charge in [0.25, 0.3) is 10.0 Å². The molecule has 0 fully saturated rings.